The molecule has 0 bridgehead atoms. The van der Waals surface area contributed by atoms with E-state index in [4.69, 9.17) is 4.42 Å². The summed E-state index contributed by atoms with van der Waals surface area (Å²) >= 11 is 0. The van der Waals surface area contributed by atoms with Crippen LogP contribution in [-0.2, 0) is 0 Å². The third-order valence-corrected chi connectivity index (χ3v) is 3.91. The summed E-state index contributed by atoms with van der Waals surface area (Å²) in [6.07, 6.45) is 6.78. The highest BCUT2D eigenvalue weighted by Crippen LogP contribution is 2.28. The van der Waals surface area contributed by atoms with Crippen molar-refractivity contribution in [2.45, 2.75) is 0 Å². The highest BCUT2D eigenvalue weighted by molar-refractivity contribution is 5.79. The van der Waals surface area contributed by atoms with Gasteiger partial charge in [0.1, 0.15) is 17.1 Å². The predicted octanol–water partition coefficient (Wildman–Crippen LogP) is 4.91. The molecule has 2 aromatic heterocycles. The quantitative estimate of drug-likeness (QED) is 0.387. The molecule has 0 radical (unpaired) electrons. The van der Waals surface area contributed by atoms with Crippen LogP contribution >= 0.6 is 0 Å². The van der Waals surface area contributed by atoms with Gasteiger partial charge >= 0.3 is 0 Å². The lowest BCUT2D eigenvalue weighted by Crippen LogP contribution is -2.02. The second kappa shape index (κ2) is 8.55. The minimum absolute atomic E-state index is 0.321. The van der Waals surface area contributed by atoms with E-state index in [1.54, 1.807) is 24.6 Å². The van der Waals surface area contributed by atoms with Gasteiger partial charge in [0.25, 0.3) is 5.95 Å². The van der Waals surface area contributed by atoms with Crippen molar-refractivity contribution < 1.29 is 4.42 Å². The van der Waals surface area contributed by atoms with Crippen LogP contribution in [0.25, 0.3) is 28.6 Å². The molecule has 0 amide bonds. The van der Waals surface area contributed by atoms with Gasteiger partial charge in [0.15, 0.2) is 0 Å². The molecule has 6 nitrogen and oxygen atoms in total. The molecule has 2 heterocycles. The minimum atomic E-state index is 0.321. The fraction of sp³-hybridized carbons (Fsp3) is 0. The summed E-state index contributed by atoms with van der Waals surface area (Å²) in [5.74, 6) is 1.07. The number of allylic oxidation sites excluding steroid dienone is 1. The van der Waals surface area contributed by atoms with Crippen molar-refractivity contribution in [3.05, 3.63) is 90.9 Å². The van der Waals surface area contributed by atoms with Gasteiger partial charge in [-0.1, -0.05) is 60.7 Å². The molecule has 0 saturated carbocycles. The van der Waals surface area contributed by atoms with E-state index in [1.165, 1.54) is 0 Å². The van der Waals surface area contributed by atoms with Gasteiger partial charge in [-0.05, 0) is 24.3 Å². The zero-order valence-corrected chi connectivity index (χ0v) is 14.9. The molecule has 0 aliphatic heterocycles. The van der Waals surface area contributed by atoms with E-state index in [1.807, 2.05) is 72.8 Å². The number of anilines is 1. The Morgan fingerprint density at radius 2 is 1.50 bits per heavy atom. The number of hydrazone groups is 1. The molecule has 0 atom stereocenters. The summed E-state index contributed by atoms with van der Waals surface area (Å²) in [6.45, 7) is 0. The molecule has 0 aliphatic rings. The Labute approximate surface area is 162 Å². The van der Waals surface area contributed by atoms with Crippen LogP contribution in [0.2, 0.25) is 0 Å². The summed E-state index contributed by atoms with van der Waals surface area (Å²) in [7, 11) is 0. The first-order valence-electron chi connectivity index (χ1n) is 8.75. The second-order valence-corrected chi connectivity index (χ2v) is 5.83. The number of aromatic nitrogens is 3. The zero-order chi connectivity index (χ0) is 19.0. The van der Waals surface area contributed by atoms with Crippen molar-refractivity contribution in [2.24, 2.45) is 5.10 Å². The third-order valence-electron chi connectivity index (χ3n) is 3.91. The van der Waals surface area contributed by atoms with Crippen molar-refractivity contribution >= 4 is 18.2 Å². The molecule has 6 heteroatoms. The summed E-state index contributed by atoms with van der Waals surface area (Å²) in [4.78, 5) is 4.63. The standard InChI is InChI=1S/C22H17N5O/c1-3-9-17(10-4-1)20-21(18-11-5-2-6-12-18)25-27-22(24-20)26-23-15-7-13-19-14-8-16-28-19/h1-16H,(H,24,26,27)/b13-7+,23-15-. The lowest BCUT2D eigenvalue weighted by molar-refractivity contribution is 0.557. The normalized spacial score (nSPS) is 11.3. The van der Waals surface area contributed by atoms with Crippen LogP contribution in [0, 0.1) is 0 Å². The predicted molar refractivity (Wildman–Crippen MR) is 111 cm³/mol. The summed E-state index contributed by atoms with van der Waals surface area (Å²) in [5, 5.41) is 12.7. The first kappa shape index (κ1) is 17.4. The van der Waals surface area contributed by atoms with Gasteiger partial charge in [0, 0.05) is 17.3 Å². The first-order valence-corrected chi connectivity index (χ1v) is 8.75. The molecule has 1 N–H and O–H groups in total. The average molecular weight is 367 g/mol. The topological polar surface area (TPSA) is 76.2 Å². The second-order valence-electron chi connectivity index (χ2n) is 5.83. The number of furan rings is 1. The Hall–Kier alpha value is -4.06. The maximum atomic E-state index is 5.21. The van der Waals surface area contributed by atoms with Crippen molar-refractivity contribution in [1.82, 2.24) is 15.2 Å². The number of hydrogen-bond donors (Lipinski definition) is 1. The van der Waals surface area contributed by atoms with Crippen LogP contribution in [-0.4, -0.2) is 21.4 Å². The average Bonchev–Trinajstić information content (AvgIpc) is 3.28. The van der Waals surface area contributed by atoms with Gasteiger partial charge in [0.2, 0.25) is 0 Å². The molecule has 0 saturated heterocycles. The maximum Gasteiger partial charge on any atom is 0.263 e. The molecule has 0 fully saturated rings. The van der Waals surface area contributed by atoms with Gasteiger partial charge in [-0.2, -0.15) is 5.10 Å². The van der Waals surface area contributed by atoms with E-state index < -0.39 is 0 Å². The third kappa shape index (κ3) is 4.19. The fourth-order valence-corrected chi connectivity index (χ4v) is 2.62. The Kier molecular flexibility index (Phi) is 5.30. The summed E-state index contributed by atoms with van der Waals surface area (Å²) in [5.41, 5.74) is 6.19. The number of benzene rings is 2. The van der Waals surface area contributed by atoms with Crippen molar-refractivity contribution in [3.63, 3.8) is 0 Å². The van der Waals surface area contributed by atoms with E-state index >= 15 is 0 Å². The molecule has 4 rings (SSSR count). The molecule has 28 heavy (non-hydrogen) atoms. The highest BCUT2D eigenvalue weighted by Gasteiger charge is 2.12. The molecule has 0 aliphatic carbocycles. The SMILES string of the molecule is C(/C=C/c1ccco1)=N/Nc1nnc(-c2ccccc2)c(-c2ccccc2)n1. The highest BCUT2D eigenvalue weighted by atomic mass is 16.3. The minimum Gasteiger partial charge on any atom is -0.465 e. The fourth-order valence-electron chi connectivity index (χ4n) is 2.62. The van der Waals surface area contributed by atoms with Crippen LogP contribution in [0.1, 0.15) is 5.76 Å². The summed E-state index contributed by atoms with van der Waals surface area (Å²) < 4.78 is 5.21. The van der Waals surface area contributed by atoms with Crippen molar-refractivity contribution in [3.8, 4) is 22.5 Å². The molecule has 0 spiro atoms. The first-order chi connectivity index (χ1) is 13.9. The van der Waals surface area contributed by atoms with Crippen molar-refractivity contribution in [1.29, 1.82) is 0 Å². The van der Waals surface area contributed by atoms with E-state index in [9.17, 15) is 0 Å². The number of nitrogens with zero attached hydrogens (tertiary/aromatic N) is 4. The molecule has 2 aromatic carbocycles. The monoisotopic (exact) mass is 367 g/mol. The van der Waals surface area contributed by atoms with E-state index in [0.29, 0.717) is 5.95 Å². The largest absolute Gasteiger partial charge is 0.465 e. The lowest BCUT2D eigenvalue weighted by atomic mass is 10.0. The van der Waals surface area contributed by atoms with Crippen LogP contribution in [0.4, 0.5) is 5.95 Å². The Balaban J connectivity index is 1.59. The van der Waals surface area contributed by atoms with Gasteiger partial charge in [0.05, 0.1) is 6.26 Å². The summed E-state index contributed by atoms with van der Waals surface area (Å²) in [6, 6.07) is 23.5. The number of nitrogens with one attached hydrogen (secondary N) is 1. The van der Waals surface area contributed by atoms with Crippen molar-refractivity contribution in [2.75, 3.05) is 5.43 Å². The maximum absolute atomic E-state index is 5.21. The molecule has 4 aromatic rings. The van der Waals surface area contributed by atoms with Crippen LogP contribution < -0.4 is 5.43 Å². The van der Waals surface area contributed by atoms with Crippen LogP contribution in [0.5, 0.6) is 0 Å². The van der Waals surface area contributed by atoms with Crippen LogP contribution in [0.15, 0.2) is 94.7 Å². The molecular formula is C22H17N5O. The van der Waals surface area contributed by atoms with Gasteiger partial charge in [-0.25, -0.2) is 10.4 Å². The van der Waals surface area contributed by atoms with E-state index in [2.05, 4.69) is 25.7 Å². The number of hydrogen-bond acceptors (Lipinski definition) is 6. The Bertz CT molecular complexity index is 1070. The van der Waals surface area contributed by atoms with E-state index in [-0.39, 0.29) is 0 Å². The number of rotatable bonds is 6. The smallest absolute Gasteiger partial charge is 0.263 e. The van der Waals surface area contributed by atoms with Gasteiger partial charge in [-0.3, -0.25) is 0 Å². The molecule has 136 valence electrons. The zero-order valence-electron chi connectivity index (χ0n) is 14.9. The lowest BCUT2D eigenvalue weighted by Gasteiger charge is -2.09. The Morgan fingerprint density at radius 1 is 0.786 bits per heavy atom. The van der Waals surface area contributed by atoms with E-state index in [0.717, 1.165) is 28.3 Å². The molecule has 0 unspecified atom stereocenters. The van der Waals surface area contributed by atoms with Crippen LogP contribution in [0.3, 0.4) is 0 Å². The van der Waals surface area contributed by atoms with Gasteiger partial charge in [-0.15, -0.1) is 10.2 Å². The Morgan fingerprint density at radius 3 is 2.18 bits per heavy atom. The molecular weight excluding hydrogens is 350 g/mol. The van der Waals surface area contributed by atoms with Gasteiger partial charge < -0.3 is 4.42 Å².